The summed E-state index contributed by atoms with van der Waals surface area (Å²) in [5.41, 5.74) is 3.07. The zero-order chi connectivity index (χ0) is 16.4. The fraction of sp³-hybridized carbons (Fsp3) is 0.632. The van der Waals surface area contributed by atoms with Gasteiger partial charge in [-0.2, -0.15) is 0 Å². The van der Waals surface area contributed by atoms with Gasteiger partial charge in [-0.25, -0.2) is 0 Å². The molecule has 2 fully saturated rings. The quantitative estimate of drug-likeness (QED) is 0.781. The number of carbonyl (C=O) groups is 1. The third kappa shape index (κ3) is 4.40. The third-order valence-electron chi connectivity index (χ3n) is 4.81. The summed E-state index contributed by atoms with van der Waals surface area (Å²) in [5, 5.41) is 0. The summed E-state index contributed by atoms with van der Waals surface area (Å²) < 4.78 is 10.7. The van der Waals surface area contributed by atoms with Gasteiger partial charge in [-0.15, -0.1) is 0 Å². The number of aryl methyl sites for hydroxylation is 1. The molecule has 3 nitrogen and oxygen atoms in total. The molecule has 3 heteroatoms. The number of aldehydes is 1. The lowest BCUT2D eigenvalue weighted by Gasteiger charge is -2.30. The van der Waals surface area contributed by atoms with Crippen LogP contribution in [-0.4, -0.2) is 24.3 Å². The first-order valence-corrected chi connectivity index (χ1v) is 8.07. The summed E-state index contributed by atoms with van der Waals surface area (Å²) in [5.74, 6) is 0.890. The topological polar surface area (TPSA) is 35.5 Å². The molecule has 1 saturated heterocycles. The minimum absolute atomic E-state index is 0.132. The highest BCUT2D eigenvalue weighted by atomic mass is 16.7. The molecule has 1 aromatic carbocycles. The van der Waals surface area contributed by atoms with Gasteiger partial charge in [0.15, 0.2) is 0 Å². The number of hydrogen-bond donors (Lipinski definition) is 0. The molecule has 3 rings (SSSR count). The lowest BCUT2D eigenvalue weighted by molar-refractivity contribution is 0.00578. The van der Waals surface area contributed by atoms with Crippen LogP contribution in [0.15, 0.2) is 18.2 Å². The van der Waals surface area contributed by atoms with Gasteiger partial charge in [0, 0.05) is 5.56 Å². The third-order valence-corrected chi connectivity index (χ3v) is 4.81. The zero-order valence-corrected chi connectivity index (χ0v) is 14.4. The molecule has 0 N–H and O–H groups in total. The van der Waals surface area contributed by atoms with Crippen LogP contribution >= 0.6 is 0 Å². The van der Waals surface area contributed by atoms with E-state index in [9.17, 15) is 4.79 Å². The molecule has 0 amide bonds. The van der Waals surface area contributed by atoms with E-state index in [4.69, 9.17) is 9.47 Å². The Hall–Kier alpha value is -1.19. The summed E-state index contributed by atoms with van der Waals surface area (Å²) >= 11 is 0. The maximum absolute atomic E-state index is 10.6. The predicted octanol–water partition coefficient (Wildman–Crippen LogP) is 4.31. The van der Waals surface area contributed by atoms with Crippen LogP contribution in [0.5, 0.6) is 0 Å². The zero-order valence-electron chi connectivity index (χ0n) is 14.4. The Balaban J connectivity index is 0.000000172. The molecule has 22 heavy (non-hydrogen) atoms. The summed E-state index contributed by atoms with van der Waals surface area (Å²) in [6.45, 7) is 10.6. The minimum atomic E-state index is -0.132. The molecule has 1 saturated carbocycles. The molecule has 1 aliphatic heterocycles. The van der Waals surface area contributed by atoms with Crippen LogP contribution in [0.3, 0.4) is 0 Å². The molecule has 0 aromatic heterocycles. The number of ether oxygens (including phenoxy) is 2. The fourth-order valence-electron chi connectivity index (χ4n) is 2.41. The Morgan fingerprint density at radius 3 is 2.09 bits per heavy atom. The maximum atomic E-state index is 10.6. The number of carbonyl (C=O) groups excluding carboxylic acids is 1. The molecule has 2 aliphatic rings. The van der Waals surface area contributed by atoms with E-state index in [0.29, 0.717) is 6.79 Å². The van der Waals surface area contributed by atoms with Crippen LogP contribution < -0.4 is 0 Å². The predicted molar refractivity (Wildman–Crippen MR) is 88.2 cm³/mol. The molecule has 1 aromatic rings. The number of rotatable bonds is 3. The van der Waals surface area contributed by atoms with Crippen LogP contribution in [-0.2, 0) is 15.9 Å². The van der Waals surface area contributed by atoms with Gasteiger partial charge in [-0.3, -0.25) is 4.79 Å². The van der Waals surface area contributed by atoms with Crippen molar-refractivity contribution in [2.75, 3.05) is 6.79 Å². The van der Waals surface area contributed by atoms with Crippen molar-refractivity contribution >= 4 is 6.29 Å². The van der Waals surface area contributed by atoms with Gasteiger partial charge in [0.25, 0.3) is 0 Å². The van der Waals surface area contributed by atoms with Gasteiger partial charge in [-0.1, -0.05) is 11.6 Å². The van der Waals surface area contributed by atoms with Gasteiger partial charge in [-0.05, 0) is 77.5 Å². The molecule has 0 spiro atoms. The molecule has 0 bridgehead atoms. The van der Waals surface area contributed by atoms with E-state index < -0.39 is 0 Å². The van der Waals surface area contributed by atoms with Gasteiger partial charge >= 0.3 is 0 Å². The number of hydrogen-bond acceptors (Lipinski definition) is 3. The molecular weight excluding hydrogens is 276 g/mol. The van der Waals surface area contributed by atoms with Crippen molar-refractivity contribution in [3.8, 4) is 0 Å². The van der Waals surface area contributed by atoms with E-state index in [1.165, 1.54) is 24.0 Å². The lowest BCUT2D eigenvalue weighted by atomic mass is 9.90. The van der Waals surface area contributed by atoms with E-state index in [2.05, 4.69) is 6.07 Å². The second kappa shape index (κ2) is 6.51. The highest BCUT2D eigenvalue weighted by molar-refractivity contribution is 5.75. The van der Waals surface area contributed by atoms with Crippen molar-refractivity contribution in [1.29, 1.82) is 0 Å². The Kier molecular flexibility index (Phi) is 5.08. The fourth-order valence-corrected chi connectivity index (χ4v) is 2.41. The summed E-state index contributed by atoms with van der Waals surface area (Å²) in [4.78, 5) is 10.6. The van der Waals surface area contributed by atoms with Crippen LogP contribution in [0.1, 0.15) is 62.0 Å². The monoisotopic (exact) mass is 304 g/mol. The lowest BCUT2D eigenvalue weighted by Crippen LogP contribution is -2.41. The Morgan fingerprint density at radius 1 is 1.09 bits per heavy atom. The second-order valence-electron chi connectivity index (χ2n) is 7.44. The van der Waals surface area contributed by atoms with E-state index in [1.807, 2.05) is 46.8 Å². The minimum Gasteiger partial charge on any atom is -0.347 e. The normalized spacial score (nSPS) is 21.9. The molecular formula is C19H28O3. The van der Waals surface area contributed by atoms with Crippen molar-refractivity contribution in [3.05, 3.63) is 34.9 Å². The van der Waals surface area contributed by atoms with Crippen molar-refractivity contribution in [1.82, 2.24) is 0 Å². The first kappa shape index (κ1) is 17.2. The largest absolute Gasteiger partial charge is 0.347 e. The van der Waals surface area contributed by atoms with Gasteiger partial charge in [0.05, 0.1) is 11.2 Å². The molecule has 0 unspecified atom stereocenters. The summed E-state index contributed by atoms with van der Waals surface area (Å²) in [6, 6.07) is 6.13. The van der Waals surface area contributed by atoms with E-state index in [0.717, 1.165) is 24.2 Å². The average Bonchev–Trinajstić information content (AvgIpc) is 3.17. The SMILES string of the molecule is CC1(C)OCOC1(C)C.Cc1cc(C=O)cc(CC2CC2)c1. The van der Waals surface area contributed by atoms with Crippen molar-refractivity contribution in [2.45, 2.75) is 65.1 Å². The van der Waals surface area contributed by atoms with Crippen LogP contribution in [0.2, 0.25) is 0 Å². The van der Waals surface area contributed by atoms with Gasteiger partial charge < -0.3 is 9.47 Å². The maximum Gasteiger partial charge on any atom is 0.150 e. The summed E-state index contributed by atoms with van der Waals surface area (Å²) in [7, 11) is 0. The molecule has 122 valence electrons. The average molecular weight is 304 g/mol. The Labute approximate surface area is 134 Å². The highest BCUT2D eigenvalue weighted by Crippen LogP contribution is 2.34. The Morgan fingerprint density at radius 2 is 1.68 bits per heavy atom. The first-order valence-electron chi connectivity index (χ1n) is 8.07. The molecule has 1 heterocycles. The van der Waals surface area contributed by atoms with Gasteiger partial charge in [0.2, 0.25) is 0 Å². The van der Waals surface area contributed by atoms with Crippen LogP contribution in [0.4, 0.5) is 0 Å². The van der Waals surface area contributed by atoms with Gasteiger partial charge in [0.1, 0.15) is 13.1 Å². The standard InChI is InChI=1S/C12H14O.C7H14O2/c1-9-4-11(6-10-2-3-10)7-12(5-9)8-13;1-6(2)7(3,4)9-5-8-6/h4-5,7-8,10H,2-3,6H2,1H3;5H2,1-4H3. The van der Waals surface area contributed by atoms with E-state index in [-0.39, 0.29) is 11.2 Å². The van der Waals surface area contributed by atoms with Crippen molar-refractivity contribution in [3.63, 3.8) is 0 Å². The molecule has 0 radical (unpaired) electrons. The van der Waals surface area contributed by atoms with Crippen LogP contribution in [0, 0.1) is 12.8 Å². The molecule has 0 atom stereocenters. The highest BCUT2D eigenvalue weighted by Gasteiger charge is 2.44. The molecule has 1 aliphatic carbocycles. The summed E-state index contributed by atoms with van der Waals surface area (Å²) in [6.07, 6.45) is 4.82. The smallest absolute Gasteiger partial charge is 0.150 e. The van der Waals surface area contributed by atoms with Crippen molar-refractivity contribution in [2.24, 2.45) is 5.92 Å². The van der Waals surface area contributed by atoms with E-state index >= 15 is 0 Å². The number of benzene rings is 1. The van der Waals surface area contributed by atoms with Crippen molar-refractivity contribution < 1.29 is 14.3 Å². The van der Waals surface area contributed by atoms with Crippen LogP contribution in [0.25, 0.3) is 0 Å². The first-order chi connectivity index (χ1) is 10.2. The van der Waals surface area contributed by atoms with E-state index in [1.54, 1.807) is 0 Å². The second-order valence-corrected chi connectivity index (χ2v) is 7.44. The Bertz CT molecular complexity index is 513.